The number of alkyl halides is 3. The molecule has 1 heterocycles. The molecule has 0 saturated carbocycles. The first-order valence-corrected chi connectivity index (χ1v) is 6.84. The number of rotatable bonds is 1. The summed E-state index contributed by atoms with van der Waals surface area (Å²) in [5, 5.41) is 0.168. The second-order valence-corrected chi connectivity index (χ2v) is 6.26. The van der Waals surface area contributed by atoms with Crippen LogP contribution < -0.4 is 0 Å². The van der Waals surface area contributed by atoms with Crippen LogP contribution in [-0.4, -0.2) is 10.5 Å². The molecule has 0 aliphatic rings. The van der Waals surface area contributed by atoms with Gasteiger partial charge in [0, 0.05) is 11.8 Å². The topological polar surface area (TPSA) is 15.8 Å². The maximum absolute atomic E-state index is 12.0. The second kappa shape index (κ2) is 4.63. The number of nitrogens with one attached hydrogen (secondary N) is 1. The van der Waals surface area contributed by atoms with Gasteiger partial charge in [-0.2, -0.15) is 13.2 Å². The van der Waals surface area contributed by atoms with Crippen molar-refractivity contribution in [1.29, 1.82) is 0 Å². The summed E-state index contributed by atoms with van der Waals surface area (Å²) in [5.41, 5.74) is -4.23. The maximum Gasteiger partial charge on any atom is 0.447 e. The molecule has 0 spiro atoms. The van der Waals surface area contributed by atoms with Gasteiger partial charge in [-0.05, 0) is 67.8 Å². The molecule has 1 N–H and O–H groups in total. The highest BCUT2D eigenvalue weighted by Gasteiger charge is 2.32. The van der Waals surface area contributed by atoms with Gasteiger partial charge in [-0.3, -0.25) is 0 Å². The Kier molecular flexibility index (Phi) is 4.52. The molecular formula is C5HF3I3NS. The van der Waals surface area contributed by atoms with E-state index in [4.69, 9.17) is 0 Å². The number of aromatic amines is 1. The Morgan fingerprint density at radius 3 is 1.92 bits per heavy atom. The molecule has 74 valence electrons. The van der Waals surface area contributed by atoms with Crippen LogP contribution in [0.1, 0.15) is 0 Å². The van der Waals surface area contributed by atoms with Gasteiger partial charge in [0.15, 0.2) is 0 Å². The van der Waals surface area contributed by atoms with Crippen LogP contribution in [0.2, 0.25) is 0 Å². The molecule has 0 radical (unpaired) electrons. The van der Waals surface area contributed by atoms with Crippen molar-refractivity contribution in [3.05, 3.63) is 10.8 Å². The largest absolute Gasteiger partial charge is 0.447 e. The number of aromatic nitrogens is 1. The summed E-state index contributed by atoms with van der Waals surface area (Å²) in [4.78, 5) is 2.68. The van der Waals surface area contributed by atoms with E-state index in [2.05, 4.69) is 4.98 Å². The van der Waals surface area contributed by atoms with Gasteiger partial charge in [-0.1, -0.05) is 0 Å². The Hall–Kier alpha value is 1.61. The number of thioether (sulfide) groups is 1. The van der Waals surface area contributed by atoms with E-state index >= 15 is 0 Å². The Morgan fingerprint density at radius 2 is 1.62 bits per heavy atom. The van der Waals surface area contributed by atoms with Crippen molar-refractivity contribution in [3.8, 4) is 0 Å². The number of hydrogen-bond acceptors (Lipinski definition) is 1. The number of halogens is 6. The van der Waals surface area contributed by atoms with E-state index in [9.17, 15) is 13.2 Å². The van der Waals surface area contributed by atoms with Crippen LogP contribution in [0.4, 0.5) is 13.2 Å². The Labute approximate surface area is 117 Å². The first-order chi connectivity index (χ1) is 5.81. The van der Waals surface area contributed by atoms with E-state index in [1.807, 2.05) is 67.8 Å². The van der Waals surface area contributed by atoms with Crippen molar-refractivity contribution in [2.75, 3.05) is 0 Å². The van der Waals surface area contributed by atoms with Crippen LogP contribution in [0.15, 0.2) is 5.03 Å². The van der Waals surface area contributed by atoms with Crippen LogP contribution >= 0.6 is 79.5 Å². The summed E-state index contributed by atoms with van der Waals surface area (Å²) >= 11 is 5.78. The summed E-state index contributed by atoms with van der Waals surface area (Å²) < 4.78 is 38.2. The van der Waals surface area contributed by atoms with Crippen LogP contribution in [-0.2, 0) is 0 Å². The lowest BCUT2D eigenvalue weighted by molar-refractivity contribution is -0.0329. The number of hydrogen-bond donors (Lipinski definition) is 1. The van der Waals surface area contributed by atoms with E-state index in [0.717, 1.165) is 7.27 Å². The van der Waals surface area contributed by atoms with Crippen molar-refractivity contribution in [1.82, 2.24) is 4.98 Å². The molecule has 1 aromatic heterocycles. The van der Waals surface area contributed by atoms with Crippen LogP contribution in [0.25, 0.3) is 0 Å². The summed E-state index contributed by atoms with van der Waals surface area (Å²) in [6.45, 7) is 0. The molecule has 0 amide bonds. The number of H-pyrrole nitrogens is 1. The molecule has 0 aromatic carbocycles. The highest BCUT2D eigenvalue weighted by molar-refractivity contribution is 14.1. The van der Waals surface area contributed by atoms with Gasteiger partial charge in [-0.15, -0.1) is 0 Å². The van der Waals surface area contributed by atoms with Crippen LogP contribution in [0.3, 0.4) is 0 Å². The van der Waals surface area contributed by atoms with Crippen LogP contribution in [0.5, 0.6) is 0 Å². The monoisotopic (exact) mass is 545 g/mol. The molecule has 0 bridgehead atoms. The van der Waals surface area contributed by atoms with Gasteiger partial charge < -0.3 is 4.98 Å². The molecular weight excluding hydrogens is 544 g/mol. The summed E-state index contributed by atoms with van der Waals surface area (Å²) in [7, 11) is 0. The minimum absolute atomic E-state index is 0.110. The lowest BCUT2D eigenvalue weighted by atomic mass is 10.7. The lowest BCUT2D eigenvalue weighted by Crippen LogP contribution is -1.99. The zero-order valence-corrected chi connectivity index (χ0v) is 13.0. The van der Waals surface area contributed by atoms with Gasteiger partial charge in [0.1, 0.15) is 0 Å². The fourth-order valence-electron chi connectivity index (χ4n) is 0.591. The van der Waals surface area contributed by atoms with Crippen molar-refractivity contribution in [2.45, 2.75) is 10.5 Å². The van der Waals surface area contributed by atoms with Crippen molar-refractivity contribution >= 4 is 79.5 Å². The van der Waals surface area contributed by atoms with Gasteiger partial charge in [-0.25, -0.2) is 0 Å². The average molecular weight is 545 g/mol. The molecule has 1 rings (SSSR count). The van der Waals surface area contributed by atoms with E-state index in [1.54, 1.807) is 0 Å². The van der Waals surface area contributed by atoms with Gasteiger partial charge in [0.2, 0.25) is 0 Å². The third-order valence-electron chi connectivity index (χ3n) is 1.03. The van der Waals surface area contributed by atoms with E-state index in [0.29, 0.717) is 3.57 Å². The molecule has 0 aliphatic carbocycles. The molecule has 0 unspecified atom stereocenters. The van der Waals surface area contributed by atoms with Crippen molar-refractivity contribution in [3.63, 3.8) is 0 Å². The average Bonchev–Trinajstić information content (AvgIpc) is 2.15. The van der Waals surface area contributed by atoms with Crippen LogP contribution in [0, 0.1) is 10.8 Å². The maximum atomic E-state index is 12.0. The molecule has 0 fully saturated rings. The standard InChI is InChI=1S/C5HF3I3NS/c6-5(7,8)13-4-2(10)1(9)3(11)12-4/h12H. The minimum Gasteiger partial charge on any atom is -0.343 e. The molecule has 8 heteroatoms. The predicted molar refractivity (Wildman–Crippen MR) is 70.9 cm³/mol. The lowest BCUT2D eigenvalue weighted by Gasteiger charge is -2.03. The van der Waals surface area contributed by atoms with E-state index in [1.165, 1.54) is 0 Å². The zero-order valence-electron chi connectivity index (χ0n) is 5.68. The Bertz CT molecular complexity index is 322. The predicted octanol–water partition coefficient (Wildman–Crippen LogP) is 4.44. The highest BCUT2D eigenvalue weighted by Crippen LogP contribution is 2.40. The third kappa shape index (κ3) is 3.59. The summed E-state index contributed by atoms with van der Waals surface area (Å²) in [6.07, 6.45) is 0. The third-order valence-corrected chi connectivity index (χ3v) is 7.16. The summed E-state index contributed by atoms with van der Waals surface area (Å²) in [5.74, 6) is 0. The van der Waals surface area contributed by atoms with E-state index < -0.39 is 5.51 Å². The van der Waals surface area contributed by atoms with Crippen molar-refractivity contribution < 1.29 is 13.2 Å². The molecule has 1 aromatic rings. The fraction of sp³-hybridized carbons (Fsp3) is 0.200. The molecule has 0 saturated heterocycles. The van der Waals surface area contributed by atoms with Gasteiger partial charge in [0.05, 0.1) is 15.9 Å². The molecule has 13 heavy (non-hydrogen) atoms. The summed E-state index contributed by atoms with van der Waals surface area (Å²) in [6, 6.07) is 0. The van der Waals surface area contributed by atoms with E-state index in [-0.39, 0.29) is 16.8 Å². The zero-order chi connectivity index (χ0) is 10.2. The molecule has 0 aliphatic heterocycles. The minimum atomic E-state index is -4.23. The highest BCUT2D eigenvalue weighted by atomic mass is 127. The first-order valence-electron chi connectivity index (χ1n) is 2.79. The molecule has 0 atom stereocenters. The quantitative estimate of drug-likeness (QED) is 0.408. The van der Waals surface area contributed by atoms with Crippen molar-refractivity contribution in [2.24, 2.45) is 0 Å². The van der Waals surface area contributed by atoms with Gasteiger partial charge in [0.25, 0.3) is 0 Å². The Balaban J connectivity index is 2.97. The second-order valence-electron chi connectivity index (χ2n) is 1.94. The van der Waals surface area contributed by atoms with Gasteiger partial charge >= 0.3 is 5.51 Å². The Morgan fingerprint density at radius 1 is 1.08 bits per heavy atom. The molecule has 1 nitrogen and oxygen atoms in total. The normalized spacial score (nSPS) is 12.2. The first kappa shape index (κ1) is 12.7. The SMILES string of the molecule is FC(F)(F)Sc1[nH]c(I)c(I)c1I. The smallest absolute Gasteiger partial charge is 0.343 e. The fourth-order valence-corrected chi connectivity index (χ4v) is 3.73.